The van der Waals surface area contributed by atoms with Gasteiger partial charge in [-0.05, 0) is 48.7 Å². The van der Waals surface area contributed by atoms with Crippen LogP contribution in [-0.2, 0) is 0 Å². The zero-order valence-corrected chi connectivity index (χ0v) is 14.7. The maximum atomic E-state index is 5.95. The predicted octanol–water partition coefficient (Wildman–Crippen LogP) is 5.17. The lowest BCUT2D eigenvalue weighted by Crippen LogP contribution is -2.13. The third kappa shape index (κ3) is 5.68. The van der Waals surface area contributed by atoms with Crippen molar-refractivity contribution in [2.75, 3.05) is 25.1 Å². The molecule has 0 radical (unpaired) electrons. The Hall–Kier alpha value is -1.87. The van der Waals surface area contributed by atoms with E-state index in [-0.39, 0.29) is 0 Å². The fourth-order valence-corrected chi connectivity index (χ4v) is 2.34. The largest absolute Gasteiger partial charge is 0.491 e. The van der Waals surface area contributed by atoms with Gasteiger partial charge in [-0.3, -0.25) is 0 Å². The van der Waals surface area contributed by atoms with Gasteiger partial charge in [0.05, 0.1) is 12.3 Å². The fourth-order valence-electron chi connectivity index (χ4n) is 2.12. The van der Waals surface area contributed by atoms with Crippen LogP contribution in [0, 0.1) is 12.8 Å². The number of ether oxygens (including phenoxy) is 2. The third-order valence-electron chi connectivity index (χ3n) is 3.27. The van der Waals surface area contributed by atoms with Gasteiger partial charge in [0, 0.05) is 11.6 Å². The summed E-state index contributed by atoms with van der Waals surface area (Å²) in [5.41, 5.74) is 2.03. The Morgan fingerprint density at radius 1 is 1.04 bits per heavy atom. The number of anilines is 1. The van der Waals surface area contributed by atoms with Gasteiger partial charge in [-0.1, -0.05) is 37.6 Å². The minimum atomic E-state index is 0.499. The summed E-state index contributed by atoms with van der Waals surface area (Å²) in [7, 11) is 0. The quantitative estimate of drug-likeness (QED) is 0.676. The van der Waals surface area contributed by atoms with Crippen LogP contribution in [0.25, 0.3) is 0 Å². The molecule has 2 rings (SSSR count). The third-order valence-corrected chi connectivity index (χ3v) is 3.51. The SMILES string of the molecule is Cc1cc(Cl)ccc1OCCNc1ccccc1OCC(C)C. The first-order chi connectivity index (χ1) is 11.1. The van der Waals surface area contributed by atoms with Crippen LogP contribution in [-0.4, -0.2) is 19.8 Å². The van der Waals surface area contributed by atoms with E-state index in [1.54, 1.807) is 0 Å². The summed E-state index contributed by atoms with van der Waals surface area (Å²) in [4.78, 5) is 0. The van der Waals surface area contributed by atoms with E-state index in [0.29, 0.717) is 25.7 Å². The zero-order chi connectivity index (χ0) is 16.7. The van der Waals surface area contributed by atoms with Crippen LogP contribution < -0.4 is 14.8 Å². The van der Waals surface area contributed by atoms with E-state index in [4.69, 9.17) is 21.1 Å². The van der Waals surface area contributed by atoms with E-state index in [9.17, 15) is 0 Å². The highest BCUT2D eigenvalue weighted by molar-refractivity contribution is 6.30. The molecule has 0 bridgehead atoms. The topological polar surface area (TPSA) is 30.5 Å². The molecule has 0 atom stereocenters. The standard InChI is InChI=1S/C19H24ClNO2/c1-14(2)13-23-19-7-5-4-6-17(19)21-10-11-22-18-9-8-16(20)12-15(18)3/h4-9,12,14,21H,10-11,13H2,1-3H3. The lowest BCUT2D eigenvalue weighted by molar-refractivity contribution is 0.272. The molecule has 4 heteroatoms. The van der Waals surface area contributed by atoms with Gasteiger partial charge in [0.2, 0.25) is 0 Å². The van der Waals surface area contributed by atoms with Crippen LogP contribution in [0.5, 0.6) is 11.5 Å². The van der Waals surface area contributed by atoms with Gasteiger partial charge >= 0.3 is 0 Å². The highest BCUT2D eigenvalue weighted by atomic mass is 35.5. The molecular formula is C19H24ClNO2. The van der Waals surface area contributed by atoms with Crippen molar-refractivity contribution >= 4 is 17.3 Å². The van der Waals surface area contributed by atoms with Crippen molar-refractivity contribution in [1.82, 2.24) is 0 Å². The zero-order valence-electron chi connectivity index (χ0n) is 13.9. The van der Waals surface area contributed by atoms with Crippen molar-refractivity contribution in [3.05, 3.63) is 53.1 Å². The molecule has 0 unspecified atom stereocenters. The van der Waals surface area contributed by atoms with Gasteiger partial charge in [-0.2, -0.15) is 0 Å². The first-order valence-electron chi connectivity index (χ1n) is 7.91. The molecule has 2 aromatic rings. The fraction of sp³-hybridized carbons (Fsp3) is 0.368. The molecule has 23 heavy (non-hydrogen) atoms. The summed E-state index contributed by atoms with van der Waals surface area (Å²) in [5.74, 6) is 2.24. The summed E-state index contributed by atoms with van der Waals surface area (Å²) in [5, 5.41) is 4.09. The van der Waals surface area contributed by atoms with Crippen molar-refractivity contribution in [2.45, 2.75) is 20.8 Å². The number of hydrogen-bond donors (Lipinski definition) is 1. The summed E-state index contributed by atoms with van der Waals surface area (Å²) in [6.07, 6.45) is 0. The number of rotatable bonds is 8. The predicted molar refractivity (Wildman–Crippen MR) is 96.9 cm³/mol. The van der Waals surface area contributed by atoms with Gasteiger partial charge in [-0.15, -0.1) is 0 Å². The Kier molecular flexibility index (Phi) is 6.60. The van der Waals surface area contributed by atoms with Crippen LogP contribution in [0.1, 0.15) is 19.4 Å². The maximum absolute atomic E-state index is 5.95. The highest BCUT2D eigenvalue weighted by Crippen LogP contribution is 2.24. The summed E-state index contributed by atoms with van der Waals surface area (Å²) in [6.45, 7) is 8.24. The second-order valence-electron chi connectivity index (χ2n) is 5.89. The number of benzene rings is 2. The van der Waals surface area contributed by atoms with Crippen LogP contribution >= 0.6 is 11.6 Å². The molecule has 0 aromatic heterocycles. The second kappa shape index (κ2) is 8.68. The van der Waals surface area contributed by atoms with E-state index in [0.717, 1.165) is 27.8 Å². The Bertz CT molecular complexity index is 629. The monoisotopic (exact) mass is 333 g/mol. The first-order valence-corrected chi connectivity index (χ1v) is 8.28. The lowest BCUT2D eigenvalue weighted by atomic mass is 10.2. The average molecular weight is 334 g/mol. The molecule has 0 spiro atoms. The molecule has 0 saturated heterocycles. The van der Waals surface area contributed by atoms with Crippen molar-refractivity contribution in [2.24, 2.45) is 5.92 Å². The second-order valence-corrected chi connectivity index (χ2v) is 6.32. The average Bonchev–Trinajstić information content (AvgIpc) is 2.52. The van der Waals surface area contributed by atoms with Gasteiger partial charge in [0.1, 0.15) is 18.1 Å². The van der Waals surface area contributed by atoms with Crippen LogP contribution in [0.4, 0.5) is 5.69 Å². The van der Waals surface area contributed by atoms with Crippen molar-refractivity contribution < 1.29 is 9.47 Å². The molecular weight excluding hydrogens is 310 g/mol. The van der Waals surface area contributed by atoms with Gasteiger partial charge in [0.25, 0.3) is 0 Å². The van der Waals surface area contributed by atoms with Crippen molar-refractivity contribution in [3.8, 4) is 11.5 Å². The molecule has 0 fully saturated rings. The molecule has 2 aromatic carbocycles. The maximum Gasteiger partial charge on any atom is 0.142 e. The number of hydrogen-bond acceptors (Lipinski definition) is 3. The number of nitrogens with one attached hydrogen (secondary N) is 1. The summed E-state index contributed by atoms with van der Waals surface area (Å²) < 4.78 is 11.6. The summed E-state index contributed by atoms with van der Waals surface area (Å²) in [6, 6.07) is 13.6. The van der Waals surface area contributed by atoms with Crippen molar-refractivity contribution in [3.63, 3.8) is 0 Å². The highest BCUT2D eigenvalue weighted by Gasteiger charge is 2.04. The molecule has 0 heterocycles. The van der Waals surface area contributed by atoms with Gasteiger partial charge in [0.15, 0.2) is 0 Å². The Labute approximate surface area is 143 Å². The molecule has 0 amide bonds. The van der Waals surface area contributed by atoms with E-state index in [1.165, 1.54) is 0 Å². The van der Waals surface area contributed by atoms with Gasteiger partial charge < -0.3 is 14.8 Å². The molecule has 124 valence electrons. The summed E-state index contributed by atoms with van der Waals surface area (Å²) >= 11 is 5.95. The number of halogens is 1. The molecule has 3 nitrogen and oxygen atoms in total. The molecule has 0 saturated carbocycles. The number of aryl methyl sites for hydroxylation is 1. The van der Waals surface area contributed by atoms with Crippen LogP contribution in [0.3, 0.4) is 0 Å². The van der Waals surface area contributed by atoms with Gasteiger partial charge in [-0.25, -0.2) is 0 Å². The van der Waals surface area contributed by atoms with Crippen molar-refractivity contribution in [1.29, 1.82) is 0 Å². The Morgan fingerprint density at radius 2 is 1.83 bits per heavy atom. The molecule has 0 aliphatic carbocycles. The first kappa shape index (κ1) is 17.5. The smallest absolute Gasteiger partial charge is 0.142 e. The Morgan fingerprint density at radius 3 is 2.57 bits per heavy atom. The van der Waals surface area contributed by atoms with Crippen LogP contribution in [0.2, 0.25) is 5.02 Å². The van der Waals surface area contributed by atoms with E-state index in [2.05, 4.69) is 19.2 Å². The van der Waals surface area contributed by atoms with Crippen LogP contribution in [0.15, 0.2) is 42.5 Å². The minimum absolute atomic E-state index is 0.499. The normalized spacial score (nSPS) is 10.7. The lowest BCUT2D eigenvalue weighted by Gasteiger charge is -2.15. The van der Waals surface area contributed by atoms with E-state index >= 15 is 0 Å². The Balaban J connectivity index is 1.84. The molecule has 1 N–H and O–H groups in total. The molecule has 0 aliphatic heterocycles. The van der Waals surface area contributed by atoms with E-state index in [1.807, 2.05) is 49.4 Å². The number of para-hydroxylation sites is 2. The van der Waals surface area contributed by atoms with E-state index < -0.39 is 0 Å². The molecule has 0 aliphatic rings. The minimum Gasteiger partial charge on any atom is -0.491 e.